The highest BCUT2D eigenvalue weighted by Gasteiger charge is 2.07. The van der Waals surface area contributed by atoms with E-state index in [-0.39, 0.29) is 11.7 Å². The van der Waals surface area contributed by atoms with Crippen molar-refractivity contribution in [3.63, 3.8) is 0 Å². The second-order valence-corrected chi connectivity index (χ2v) is 6.00. The summed E-state index contributed by atoms with van der Waals surface area (Å²) < 4.78 is 28.5. The summed E-state index contributed by atoms with van der Waals surface area (Å²) in [6.45, 7) is 3.55. The van der Waals surface area contributed by atoms with E-state index in [1.807, 2.05) is 12.1 Å². The number of aryl methyl sites for hydroxylation is 1. The number of hydrogen-bond donors (Lipinski definition) is 1. The molecule has 146 valence electrons. The van der Waals surface area contributed by atoms with E-state index in [1.165, 1.54) is 12.1 Å². The van der Waals surface area contributed by atoms with Gasteiger partial charge in [-0.05, 0) is 49.6 Å². The average Bonchev–Trinajstić information content (AvgIpc) is 2.67. The second-order valence-electron chi connectivity index (χ2n) is 6.00. The van der Waals surface area contributed by atoms with E-state index in [1.54, 1.807) is 18.3 Å². The topological polar surface area (TPSA) is 54.5 Å². The molecule has 1 aromatic carbocycles. The lowest BCUT2D eigenvalue weighted by Crippen LogP contribution is -2.24. The third kappa shape index (κ3) is 6.84. The number of anilines is 1. The van der Waals surface area contributed by atoms with Crippen molar-refractivity contribution in [2.45, 2.75) is 39.8 Å². The van der Waals surface area contributed by atoms with Gasteiger partial charge in [0.25, 0.3) is 0 Å². The number of halogens is 2. The van der Waals surface area contributed by atoms with Crippen LogP contribution in [0, 0.1) is 0 Å². The van der Waals surface area contributed by atoms with E-state index >= 15 is 0 Å². The summed E-state index contributed by atoms with van der Waals surface area (Å²) >= 11 is 0. The predicted octanol–water partition coefficient (Wildman–Crippen LogP) is 3.78. The Morgan fingerprint density at radius 3 is 2.33 bits per heavy atom. The molecule has 0 fully saturated rings. The van der Waals surface area contributed by atoms with Crippen LogP contribution in [0.3, 0.4) is 0 Å². The Labute approximate surface area is 158 Å². The molecule has 2 aromatic rings. The van der Waals surface area contributed by atoms with Crippen LogP contribution < -0.4 is 15.0 Å². The zero-order chi connectivity index (χ0) is 19.6. The molecular weight excluding hydrogens is 352 g/mol. The summed E-state index contributed by atoms with van der Waals surface area (Å²) in [4.78, 5) is 18.6. The number of nitrogens with zero attached hydrogens (tertiary/aromatic N) is 2. The van der Waals surface area contributed by atoms with Gasteiger partial charge in [0.2, 0.25) is 5.91 Å². The molecule has 0 atom stereocenters. The number of amides is 1. The summed E-state index contributed by atoms with van der Waals surface area (Å²) in [7, 11) is 0. The first-order valence-electron chi connectivity index (χ1n) is 9.02. The predicted molar refractivity (Wildman–Crippen MR) is 101 cm³/mol. The van der Waals surface area contributed by atoms with Gasteiger partial charge in [-0.15, -0.1) is 0 Å². The van der Waals surface area contributed by atoms with Crippen molar-refractivity contribution < 1.29 is 18.3 Å². The van der Waals surface area contributed by atoms with E-state index in [4.69, 9.17) is 0 Å². The summed E-state index contributed by atoms with van der Waals surface area (Å²) in [5.41, 5.74) is 1.82. The number of carbonyl (C=O) groups excluding carboxylic acids is 1. The Balaban J connectivity index is 1.76. The monoisotopic (exact) mass is 377 g/mol. The van der Waals surface area contributed by atoms with Gasteiger partial charge in [0, 0.05) is 32.3 Å². The first-order valence-corrected chi connectivity index (χ1v) is 9.02. The molecule has 0 aliphatic rings. The van der Waals surface area contributed by atoms with Crippen molar-refractivity contribution in [1.82, 2.24) is 10.3 Å². The van der Waals surface area contributed by atoms with Crippen molar-refractivity contribution in [1.29, 1.82) is 0 Å². The maximum atomic E-state index is 12.1. The van der Waals surface area contributed by atoms with Crippen molar-refractivity contribution in [2.75, 3.05) is 18.0 Å². The van der Waals surface area contributed by atoms with E-state index in [0.717, 1.165) is 30.0 Å². The summed E-state index contributed by atoms with van der Waals surface area (Å²) in [5, 5.41) is 2.87. The maximum absolute atomic E-state index is 12.1. The lowest BCUT2D eigenvalue weighted by Gasteiger charge is -2.19. The van der Waals surface area contributed by atoms with Gasteiger partial charge in [0.1, 0.15) is 11.6 Å². The SMILES string of the molecule is CCN(CC)c1ccc(CNC(=O)CCc2ccc(OC(F)F)cc2)cn1. The zero-order valence-corrected chi connectivity index (χ0v) is 15.6. The quantitative estimate of drug-likeness (QED) is 0.685. The van der Waals surface area contributed by atoms with Crippen LogP contribution >= 0.6 is 0 Å². The Morgan fingerprint density at radius 1 is 1.11 bits per heavy atom. The second kappa shape index (κ2) is 10.4. The van der Waals surface area contributed by atoms with Crippen LogP contribution in [0.2, 0.25) is 0 Å². The molecule has 0 spiro atoms. The lowest BCUT2D eigenvalue weighted by atomic mass is 10.1. The fourth-order valence-electron chi connectivity index (χ4n) is 2.64. The fraction of sp³-hybridized carbons (Fsp3) is 0.400. The minimum atomic E-state index is -2.84. The number of pyridine rings is 1. The third-order valence-electron chi connectivity index (χ3n) is 4.18. The van der Waals surface area contributed by atoms with Crippen LogP contribution in [-0.4, -0.2) is 30.6 Å². The normalized spacial score (nSPS) is 10.7. The molecule has 7 heteroatoms. The molecule has 0 aliphatic carbocycles. The molecule has 0 bridgehead atoms. The zero-order valence-electron chi connectivity index (χ0n) is 15.6. The number of rotatable bonds is 10. The number of carbonyl (C=O) groups is 1. The van der Waals surface area contributed by atoms with Crippen LogP contribution in [0.1, 0.15) is 31.4 Å². The standard InChI is InChI=1S/C20H25F2N3O2/c1-3-25(4-2)18-11-7-16(13-23-18)14-24-19(26)12-8-15-5-9-17(10-6-15)27-20(21)22/h5-7,9-11,13,20H,3-4,8,12,14H2,1-2H3,(H,24,26). The molecule has 1 N–H and O–H groups in total. The van der Waals surface area contributed by atoms with Crippen molar-refractivity contribution >= 4 is 11.7 Å². The highest BCUT2D eigenvalue weighted by atomic mass is 19.3. The molecule has 1 amide bonds. The van der Waals surface area contributed by atoms with Gasteiger partial charge in [0.05, 0.1) is 0 Å². The fourth-order valence-corrected chi connectivity index (χ4v) is 2.64. The first kappa shape index (κ1) is 20.6. The molecule has 0 radical (unpaired) electrons. The molecule has 27 heavy (non-hydrogen) atoms. The van der Waals surface area contributed by atoms with Crippen LogP contribution in [-0.2, 0) is 17.8 Å². The van der Waals surface area contributed by atoms with Crippen LogP contribution in [0.25, 0.3) is 0 Å². The van der Waals surface area contributed by atoms with Crippen LogP contribution in [0.4, 0.5) is 14.6 Å². The summed E-state index contributed by atoms with van der Waals surface area (Å²) in [5.74, 6) is 0.962. The number of ether oxygens (including phenoxy) is 1. The van der Waals surface area contributed by atoms with E-state index < -0.39 is 6.61 Å². The number of benzene rings is 1. The van der Waals surface area contributed by atoms with Gasteiger partial charge in [-0.1, -0.05) is 18.2 Å². The molecule has 2 rings (SSSR count). The van der Waals surface area contributed by atoms with E-state index in [2.05, 4.69) is 33.8 Å². The average molecular weight is 377 g/mol. The van der Waals surface area contributed by atoms with Crippen molar-refractivity contribution in [3.8, 4) is 5.75 Å². The van der Waals surface area contributed by atoms with Gasteiger partial charge in [0.15, 0.2) is 0 Å². The number of alkyl halides is 2. The minimum absolute atomic E-state index is 0.0734. The van der Waals surface area contributed by atoms with Gasteiger partial charge in [-0.25, -0.2) is 4.98 Å². The minimum Gasteiger partial charge on any atom is -0.435 e. The van der Waals surface area contributed by atoms with Gasteiger partial charge < -0.3 is 15.0 Å². The molecule has 0 aliphatic heterocycles. The van der Waals surface area contributed by atoms with Crippen molar-refractivity contribution in [3.05, 3.63) is 53.7 Å². The van der Waals surface area contributed by atoms with Gasteiger partial charge >= 0.3 is 6.61 Å². The number of nitrogens with one attached hydrogen (secondary N) is 1. The number of aromatic nitrogens is 1. The molecule has 1 aromatic heterocycles. The largest absolute Gasteiger partial charge is 0.435 e. The molecule has 0 saturated heterocycles. The Kier molecular flexibility index (Phi) is 7.98. The highest BCUT2D eigenvalue weighted by molar-refractivity contribution is 5.76. The Bertz CT molecular complexity index is 702. The van der Waals surface area contributed by atoms with Crippen LogP contribution in [0.5, 0.6) is 5.75 Å². The summed E-state index contributed by atoms with van der Waals surface area (Å²) in [6, 6.07) is 10.2. The lowest BCUT2D eigenvalue weighted by molar-refractivity contribution is -0.121. The number of hydrogen-bond acceptors (Lipinski definition) is 4. The van der Waals surface area contributed by atoms with Gasteiger partial charge in [-0.3, -0.25) is 4.79 Å². The van der Waals surface area contributed by atoms with Crippen molar-refractivity contribution in [2.24, 2.45) is 0 Å². The molecule has 0 unspecified atom stereocenters. The smallest absolute Gasteiger partial charge is 0.387 e. The maximum Gasteiger partial charge on any atom is 0.387 e. The van der Waals surface area contributed by atoms with Gasteiger partial charge in [-0.2, -0.15) is 8.78 Å². The third-order valence-corrected chi connectivity index (χ3v) is 4.18. The Hall–Kier alpha value is -2.70. The molecule has 5 nitrogen and oxygen atoms in total. The Morgan fingerprint density at radius 2 is 1.78 bits per heavy atom. The summed E-state index contributed by atoms with van der Waals surface area (Å²) in [6.07, 6.45) is 2.62. The highest BCUT2D eigenvalue weighted by Crippen LogP contribution is 2.16. The van der Waals surface area contributed by atoms with E-state index in [9.17, 15) is 13.6 Å². The molecule has 1 heterocycles. The first-order chi connectivity index (χ1) is 13.0. The van der Waals surface area contributed by atoms with E-state index in [0.29, 0.717) is 19.4 Å². The molecule has 0 saturated carbocycles. The van der Waals surface area contributed by atoms with Crippen LogP contribution in [0.15, 0.2) is 42.6 Å². The molecular formula is C20H25F2N3O2.